The third-order valence-electron chi connectivity index (χ3n) is 5.92. The molecule has 162 valence electrons. The van der Waals surface area contributed by atoms with E-state index in [1.807, 2.05) is 41.4 Å². The van der Waals surface area contributed by atoms with Crippen LogP contribution in [0.25, 0.3) is 22.1 Å². The number of carbonyl (C=O) groups excluding carboxylic acids is 1. The molecule has 1 saturated heterocycles. The minimum atomic E-state index is 0.0511. The molecule has 0 spiro atoms. The van der Waals surface area contributed by atoms with Crippen molar-refractivity contribution in [3.63, 3.8) is 0 Å². The molecule has 2 aromatic heterocycles. The molecule has 1 fully saturated rings. The summed E-state index contributed by atoms with van der Waals surface area (Å²) in [6, 6.07) is 19.7. The van der Waals surface area contributed by atoms with Gasteiger partial charge in [-0.1, -0.05) is 18.2 Å². The van der Waals surface area contributed by atoms with Crippen molar-refractivity contribution in [1.29, 1.82) is 0 Å². The van der Waals surface area contributed by atoms with Gasteiger partial charge in [0.2, 0.25) is 0 Å². The zero-order valence-corrected chi connectivity index (χ0v) is 18.0. The summed E-state index contributed by atoms with van der Waals surface area (Å²) < 4.78 is 11.3. The van der Waals surface area contributed by atoms with Crippen LogP contribution in [0.1, 0.15) is 16.1 Å². The fourth-order valence-electron chi connectivity index (χ4n) is 4.16. The summed E-state index contributed by atoms with van der Waals surface area (Å²) in [5.74, 6) is 1.69. The van der Waals surface area contributed by atoms with Gasteiger partial charge in [-0.15, -0.1) is 0 Å². The lowest BCUT2D eigenvalue weighted by Gasteiger charge is -2.34. The number of nitrogens with zero attached hydrogens (tertiary/aromatic N) is 3. The summed E-state index contributed by atoms with van der Waals surface area (Å²) in [6.07, 6.45) is 3.65. The molecule has 0 N–H and O–H groups in total. The van der Waals surface area contributed by atoms with Crippen LogP contribution in [0.3, 0.4) is 0 Å². The van der Waals surface area contributed by atoms with E-state index in [0.717, 1.165) is 47.5 Å². The number of pyridine rings is 1. The van der Waals surface area contributed by atoms with Crippen molar-refractivity contribution in [3.8, 4) is 16.9 Å². The smallest absolute Gasteiger partial charge is 0.254 e. The molecular formula is C26H25N3O3. The Morgan fingerprint density at radius 3 is 2.66 bits per heavy atom. The normalized spacial score (nSPS) is 14.6. The monoisotopic (exact) mass is 427 g/mol. The topological polar surface area (TPSA) is 58.8 Å². The number of rotatable bonds is 5. The van der Waals surface area contributed by atoms with Crippen LogP contribution in [0.5, 0.6) is 5.75 Å². The number of fused-ring (bicyclic) bond motifs is 1. The van der Waals surface area contributed by atoms with Gasteiger partial charge in [0.15, 0.2) is 0 Å². The maximum absolute atomic E-state index is 12.8. The molecule has 32 heavy (non-hydrogen) atoms. The van der Waals surface area contributed by atoms with Gasteiger partial charge in [-0.2, -0.15) is 0 Å². The summed E-state index contributed by atoms with van der Waals surface area (Å²) in [4.78, 5) is 21.3. The fourth-order valence-corrected chi connectivity index (χ4v) is 4.16. The molecule has 3 heterocycles. The van der Waals surface area contributed by atoms with Gasteiger partial charge >= 0.3 is 0 Å². The quantitative estimate of drug-likeness (QED) is 0.471. The van der Waals surface area contributed by atoms with E-state index in [9.17, 15) is 4.79 Å². The van der Waals surface area contributed by atoms with Gasteiger partial charge in [0, 0.05) is 55.1 Å². The van der Waals surface area contributed by atoms with Crippen molar-refractivity contribution >= 4 is 16.9 Å². The van der Waals surface area contributed by atoms with Crippen molar-refractivity contribution in [2.45, 2.75) is 6.54 Å². The zero-order valence-electron chi connectivity index (χ0n) is 18.0. The Morgan fingerprint density at radius 2 is 1.88 bits per heavy atom. The summed E-state index contributed by atoms with van der Waals surface area (Å²) in [7, 11) is 1.61. The van der Waals surface area contributed by atoms with E-state index in [1.54, 1.807) is 19.4 Å². The number of methoxy groups -OCH3 is 1. The van der Waals surface area contributed by atoms with Crippen molar-refractivity contribution in [1.82, 2.24) is 14.8 Å². The Kier molecular flexibility index (Phi) is 5.60. The van der Waals surface area contributed by atoms with Crippen LogP contribution in [-0.2, 0) is 6.54 Å². The molecule has 0 aliphatic carbocycles. The Hall–Kier alpha value is -3.64. The second-order valence-electron chi connectivity index (χ2n) is 8.01. The van der Waals surface area contributed by atoms with Crippen LogP contribution in [0, 0.1) is 0 Å². The largest absolute Gasteiger partial charge is 0.497 e. The third-order valence-corrected chi connectivity index (χ3v) is 5.92. The minimum absolute atomic E-state index is 0.0511. The first-order chi connectivity index (χ1) is 15.7. The predicted molar refractivity (Wildman–Crippen MR) is 124 cm³/mol. The number of hydrogen-bond acceptors (Lipinski definition) is 5. The third kappa shape index (κ3) is 4.22. The van der Waals surface area contributed by atoms with Gasteiger partial charge in [0.05, 0.1) is 13.7 Å². The number of benzene rings is 2. The van der Waals surface area contributed by atoms with E-state index in [4.69, 9.17) is 9.15 Å². The van der Waals surface area contributed by atoms with Crippen molar-refractivity contribution < 1.29 is 13.9 Å². The number of aromatic nitrogens is 1. The summed E-state index contributed by atoms with van der Waals surface area (Å²) in [5.41, 5.74) is 3.77. The SMILES string of the molecule is COc1cccc(C(=O)N2CCN(Cc3cc4cc(-c5cccnc5)ccc4o3)CC2)c1. The second-order valence-corrected chi connectivity index (χ2v) is 8.01. The molecule has 5 rings (SSSR count). The first kappa shape index (κ1) is 20.3. The number of hydrogen-bond donors (Lipinski definition) is 0. The number of piperazine rings is 1. The first-order valence-electron chi connectivity index (χ1n) is 10.8. The van der Waals surface area contributed by atoms with Gasteiger partial charge in [-0.25, -0.2) is 0 Å². The number of carbonyl (C=O) groups is 1. The predicted octanol–water partition coefficient (Wildman–Crippen LogP) is 4.46. The average Bonchev–Trinajstić information content (AvgIpc) is 3.26. The molecule has 0 bridgehead atoms. The molecule has 1 aliphatic heterocycles. The van der Waals surface area contributed by atoms with Crippen molar-refractivity contribution in [2.75, 3.05) is 33.3 Å². The minimum Gasteiger partial charge on any atom is -0.497 e. The van der Waals surface area contributed by atoms with Crippen molar-refractivity contribution in [3.05, 3.63) is 84.4 Å². The highest BCUT2D eigenvalue weighted by Crippen LogP contribution is 2.27. The highest BCUT2D eigenvalue weighted by atomic mass is 16.5. The molecule has 2 aromatic carbocycles. The van der Waals surface area contributed by atoms with Crippen LogP contribution in [0.4, 0.5) is 0 Å². The Morgan fingerprint density at radius 1 is 1.00 bits per heavy atom. The Bertz CT molecular complexity index is 1230. The fraction of sp³-hybridized carbons (Fsp3) is 0.231. The van der Waals surface area contributed by atoms with Gasteiger partial charge in [-0.05, 0) is 48.0 Å². The van der Waals surface area contributed by atoms with E-state index in [2.05, 4.69) is 34.1 Å². The molecule has 0 saturated carbocycles. The highest BCUT2D eigenvalue weighted by Gasteiger charge is 2.23. The second kappa shape index (κ2) is 8.85. The summed E-state index contributed by atoms with van der Waals surface area (Å²) in [5, 5.41) is 1.09. The number of ether oxygens (including phenoxy) is 1. The molecule has 0 atom stereocenters. The molecule has 6 nitrogen and oxygen atoms in total. The molecule has 1 amide bonds. The van der Waals surface area contributed by atoms with Crippen LogP contribution in [0.2, 0.25) is 0 Å². The molecule has 4 aromatic rings. The highest BCUT2D eigenvalue weighted by molar-refractivity contribution is 5.94. The van der Waals surface area contributed by atoms with Crippen LogP contribution < -0.4 is 4.74 Å². The first-order valence-corrected chi connectivity index (χ1v) is 10.8. The maximum Gasteiger partial charge on any atom is 0.254 e. The Labute approximate surface area is 187 Å². The standard InChI is InChI=1S/C26H25N3O3/c1-31-23-6-2-4-20(15-23)26(30)29-12-10-28(11-13-29)18-24-16-22-14-19(7-8-25(22)32-24)21-5-3-9-27-17-21/h2-9,14-17H,10-13,18H2,1H3. The molecule has 0 radical (unpaired) electrons. The van der Waals surface area contributed by atoms with E-state index >= 15 is 0 Å². The van der Waals surface area contributed by atoms with Gasteiger partial charge in [0.25, 0.3) is 5.91 Å². The van der Waals surface area contributed by atoms with E-state index in [-0.39, 0.29) is 5.91 Å². The van der Waals surface area contributed by atoms with Crippen LogP contribution in [-0.4, -0.2) is 54.0 Å². The van der Waals surface area contributed by atoms with Gasteiger partial charge in [0.1, 0.15) is 17.1 Å². The average molecular weight is 428 g/mol. The lowest BCUT2D eigenvalue weighted by atomic mass is 10.1. The molecule has 0 unspecified atom stereocenters. The van der Waals surface area contributed by atoms with Crippen LogP contribution >= 0.6 is 0 Å². The maximum atomic E-state index is 12.8. The number of furan rings is 1. The summed E-state index contributed by atoms with van der Waals surface area (Å²) >= 11 is 0. The lowest BCUT2D eigenvalue weighted by Crippen LogP contribution is -2.48. The van der Waals surface area contributed by atoms with Crippen LogP contribution in [0.15, 0.2) is 77.5 Å². The molecule has 6 heteroatoms. The van der Waals surface area contributed by atoms with Gasteiger partial charge < -0.3 is 14.1 Å². The Balaban J connectivity index is 1.22. The van der Waals surface area contributed by atoms with Crippen molar-refractivity contribution in [2.24, 2.45) is 0 Å². The molecule has 1 aliphatic rings. The zero-order chi connectivity index (χ0) is 21.9. The van der Waals surface area contributed by atoms with E-state index in [1.165, 1.54) is 0 Å². The van der Waals surface area contributed by atoms with Gasteiger partial charge in [-0.3, -0.25) is 14.7 Å². The van der Waals surface area contributed by atoms with E-state index in [0.29, 0.717) is 24.4 Å². The number of amides is 1. The lowest BCUT2D eigenvalue weighted by molar-refractivity contribution is 0.0620. The molecular weight excluding hydrogens is 402 g/mol. The summed E-state index contributed by atoms with van der Waals surface area (Å²) in [6.45, 7) is 3.75. The van der Waals surface area contributed by atoms with E-state index < -0.39 is 0 Å².